The third-order valence-corrected chi connectivity index (χ3v) is 5.95. The van der Waals surface area contributed by atoms with Gasteiger partial charge in [0.25, 0.3) is 5.91 Å². The predicted octanol–water partition coefficient (Wildman–Crippen LogP) is 5.01. The van der Waals surface area contributed by atoms with E-state index in [-0.39, 0.29) is 11.7 Å². The van der Waals surface area contributed by atoms with Gasteiger partial charge >= 0.3 is 0 Å². The van der Waals surface area contributed by atoms with Crippen LogP contribution in [0.2, 0.25) is 0 Å². The molecule has 8 heteroatoms. The highest BCUT2D eigenvalue weighted by Gasteiger charge is 2.20. The molecular weight excluding hydrogens is 383 g/mol. The molecule has 0 fully saturated rings. The van der Waals surface area contributed by atoms with Crippen LogP contribution in [0.1, 0.15) is 20.9 Å². The predicted molar refractivity (Wildman–Crippen MR) is 109 cm³/mol. The van der Waals surface area contributed by atoms with Crippen molar-refractivity contribution >= 4 is 49.6 Å². The average Bonchev–Trinajstić information content (AvgIpc) is 3.20. The summed E-state index contributed by atoms with van der Waals surface area (Å²) >= 11 is 2.57. The third kappa shape index (κ3) is 3.29. The van der Waals surface area contributed by atoms with E-state index in [0.717, 1.165) is 27.0 Å². The standard InChI is InChI=1S/C19H15FN4OS2/c1-9-7-10(2)22-18-14(9)15(21)16(27-18)17(25)24-19-23-13(8-26-19)11-3-5-12(20)6-4-11/h3-8H,21H2,1-2H3,(H,23,24,25). The molecule has 27 heavy (non-hydrogen) atoms. The molecule has 1 amide bonds. The van der Waals surface area contributed by atoms with E-state index >= 15 is 0 Å². The molecule has 4 aromatic rings. The minimum absolute atomic E-state index is 0.304. The Bertz CT molecular complexity index is 1160. The highest BCUT2D eigenvalue weighted by atomic mass is 32.1. The fraction of sp³-hybridized carbons (Fsp3) is 0.105. The Hall–Kier alpha value is -2.84. The highest BCUT2D eigenvalue weighted by Crippen LogP contribution is 2.35. The summed E-state index contributed by atoms with van der Waals surface area (Å²) in [6, 6.07) is 8.00. The lowest BCUT2D eigenvalue weighted by molar-refractivity contribution is 0.103. The molecule has 5 nitrogen and oxygen atoms in total. The first-order valence-corrected chi connectivity index (χ1v) is 9.81. The number of carbonyl (C=O) groups excluding carboxylic acids is 1. The van der Waals surface area contributed by atoms with Crippen LogP contribution in [0.3, 0.4) is 0 Å². The van der Waals surface area contributed by atoms with Gasteiger partial charge in [-0.25, -0.2) is 14.4 Å². The molecule has 0 radical (unpaired) electrons. The quantitative estimate of drug-likeness (QED) is 0.508. The maximum atomic E-state index is 13.1. The molecule has 0 aliphatic heterocycles. The number of nitrogens with zero attached hydrogens (tertiary/aromatic N) is 2. The summed E-state index contributed by atoms with van der Waals surface area (Å²) in [6.45, 7) is 3.87. The zero-order chi connectivity index (χ0) is 19.1. The summed E-state index contributed by atoms with van der Waals surface area (Å²) in [5.41, 5.74) is 9.99. The summed E-state index contributed by atoms with van der Waals surface area (Å²) in [7, 11) is 0. The lowest BCUT2D eigenvalue weighted by Crippen LogP contribution is -2.11. The lowest BCUT2D eigenvalue weighted by atomic mass is 10.1. The van der Waals surface area contributed by atoms with Gasteiger partial charge in [-0.3, -0.25) is 10.1 Å². The molecule has 0 atom stereocenters. The largest absolute Gasteiger partial charge is 0.397 e. The number of nitrogens with two attached hydrogens (primary N) is 1. The average molecular weight is 398 g/mol. The number of nitrogens with one attached hydrogen (secondary N) is 1. The van der Waals surface area contributed by atoms with E-state index in [0.29, 0.717) is 21.4 Å². The summed E-state index contributed by atoms with van der Waals surface area (Å²) in [5, 5.41) is 5.88. The Morgan fingerprint density at radius 3 is 2.67 bits per heavy atom. The number of thiophene rings is 1. The normalized spacial score (nSPS) is 11.1. The minimum atomic E-state index is -0.312. The number of carbonyl (C=O) groups is 1. The maximum Gasteiger partial charge on any atom is 0.269 e. The minimum Gasteiger partial charge on any atom is -0.397 e. The Morgan fingerprint density at radius 1 is 1.19 bits per heavy atom. The van der Waals surface area contributed by atoms with Crippen LogP contribution in [-0.4, -0.2) is 15.9 Å². The van der Waals surface area contributed by atoms with E-state index < -0.39 is 0 Å². The third-order valence-electron chi connectivity index (χ3n) is 4.10. The molecule has 0 unspecified atom stereocenters. The number of aryl methyl sites for hydroxylation is 2. The number of nitrogen functional groups attached to an aromatic ring is 1. The molecule has 4 rings (SSSR count). The molecule has 0 bridgehead atoms. The van der Waals surface area contributed by atoms with E-state index in [9.17, 15) is 9.18 Å². The van der Waals surface area contributed by atoms with Crippen molar-refractivity contribution in [2.75, 3.05) is 11.1 Å². The number of aromatic nitrogens is 2. The van der Waals surface area contributed by atoms with Crippen molar-refractivity contribution in [1.82, 2.24) is 9.97 Å². The van der Waals surface area contributed by atoms with Crippen molar-refractivity contribution in [3.63, 3.8) is 0 Å². The fourth-order valence-electron chi connectivity index (χ4n) is 2.88. The number of hydrogen-bond donors (Lipinski definition) is 2. The number of pyridine rings is 1. The zero-order valence-electron chi connectivity index (χ0n) is 14.5. The van der Waals surface area contributed by atoms with Crippen LogP contribution < -0.4 is 11.1 Å². The van der Waals surface area contributed by atoms with Gasteiger partial charge in [0, 0.05) is 22.0 Å². The van der Waals surface area contributed by atoms with E-state index in [1.54, 1.807) is 12.1 Å². The van der Waals surface area contributed by atoms with Crippen molar-refractivity contribution in [2.24, 2.45) is 0 Å². The van der Waals surface area contributed by atoms with Crippen molar-refractivity contribution in [1.29, 1.82) is 0 Å². The molecule has 3 N–H and O–H groups in total. The number of fused-ring (bicyclic) bond motifs is 1. The van der Waals surface area contributed by atoms with Crippen molar-refractivity contribution in [3.05, 3.63) is 57.7 Å². The molecule has 3 heterocycles. The number of benzene rings is 1. The second-order valence-corrected chi connectivity index (χ2v) is 7.96. The van der Waals surface area contributed by atoms with Gasteiger partial charge in [0.1, 0.15) is 15.5 Å². The van der Waals surface area contributed by atoms with Gasteiger partial charge in [-0.1, -0.05) is 0 Å². The van der Waals surface area contributed by atoms with E-state index in [4.69, 9.17) is 5.73 Å². The van der Waals surface area contributed by atoms with E-state index in [1.807, 2.05) is 25.3 Å². The zero-order valence-corrected chi connectivity index (χ0v) is 16.2. The van der Waals surface area contributed by atoms with Crippen LogP contribution in [-0.2, 0) is 0 Å². The van der Waals surface area contributed by atoms with Gasteiger partial charge in [0.2, 0.25) is 0 Å². The van der Waals surface area contributed by atoms with Crippen molar-refractivity contribution in [2.45, 2.75) is 13.8 Å². The van der Waals surface area contributed by atoms with E-state index in [1.165, 1.54) is 34.8 Å². The Labute approximate surface area is 162 Å². The van der Waals surface area contributed by atoms with Gasteiger partial charge in [-0.15, -0.1) is 22.7 Å². The monoisotopic (exact) mass is 398 g/mol. The molecule has 0 saturated heterocycles. The number of amides is 1. The van der Waals surface area contributed by atoms with Crippen LogP contribution in [0.15, 0.2) is 35.7 Å². The van der Waals surface area contributed by atoms with Crippen molar-refractivity contribution < 1.29 is 9.18 Å². The summed E-state index contributed by atoms with van der Waals surface area (Å²) in [6.07, 6.45) is 0. The first-order valence-electron chi connectivity index (χ1n) is 8.11. The first kappa shape index (κ1) is 17.6. The smallest absolute Gasteiger partial charge is 0.269 e. The van der Waals surface area contributed by atoms with Crippen molar-refractivity contribution in [3.8, 4) is 11.3 Å². The SMILES string of the molecule is Cc1cc(C)c2c(N)c(C(=O)Nc3nc(-c4ccc(F)cc4)cs3)sc2n1. The Balaban J connectivity index is 1.61. The number of thiazole rings is 1. The maximum absolute atomic E-state index is 13.1. The number of anilines is 2. The van der Waals surface area contributed by atoms with Crippen LogP contribution in [0.5, 0.6) is 0 Å². The fourth-order valence-corrected chi connectivity index (χ4v) is 4.70. The summed E-state index contributed by atoms with van der Waals surface area (Å²) < 4.78 is 13.1. The van der Waals surface area contributed by atoms with Gasteiger partial charge in [-0.05, 0) is 49.7 Å². The topological polar surface area (TPSA) is 80.9 Å². The van der Waals surface area contributed by atoms with E-state index in [2.05, 4.69) is 15.3 Å². The molecule has 1 aromatic carbocycles. The molecule has 0 aliphatic carbocycles. The summed E-state index contributed by atoms with van der Waals surface area (Å²) in [4.78, 5) is 22.7. The van der Waals surface area contributed by atoms with Crippen LogP contribution in [0.25, 0.3) is 21.5 Å². The summed E-state index contributed by atoms with van der Waals surface area (Å²) in [5.74, 6) is -0.616. The molecule has 0 saturated carbocycles. The van der Waals surface area contributed by atoms with Gasteiger partial charge in [-0.2, -0.15) is 0 Å². The lowest BCUT2D eigenvalue weighted by Gasteiger charge is -2.01. The molecule has 3 aromatic heterocycles. The second kappa shape index (κ2) is 6.71. The van der Waals surface area contributed by atoms with Gasteiger partial charge in [0.15, 0.2) is 5.13 Å². The highest BCUT2D eigenvalue weighted by molar-refractivity contribution is 7.21. The van der Waals surface area contributed by atoms with Crippen LogP contribution in [0.4, 0.5) is 15.2 Å². The molecule has 0 spiro atoms. The Kier molecular flexibility index (Phi) is 4.37. The molecule has 0 aliphatic rings. The van der Waals surface area contributed by atoms with Crippen LogP contribution in [0, 0.1) is 19.7 Å². The number of halogens is 1. The number of hydrogen-bond acceptors (Lipinski definition) is 6. The molecule has 136 valence electrons. The van der Waals surface area contributed by atoms with Gasteiger partial charge in [0.05, 0.1) is 11.4 Å². The Morgan fingerprint density at radius 2 is 1.93 bits per heavy atom. The first-order chi connectivity index (χ1) is 12.9. The second-order valence-electron chi connectivity index (χ2n) is 6.10. The number of rotatable bonds is 3. The molecular formula is C19H15FN4OS2. The van der Waals surface area contributed by atoms with Crippen LogP contribution >= 0.6 is 22.7 Å². The van der Waals surface area contributed by atoms with Gasteiger partial charge < -0.3 is 5.73 Å².